The minimum Gasteiger partial charge on any atom is -0.351 e. The fraction of sp³-hybridized carbons (Fsp3) is 0.278. The highest BCUT2D eigenvalue weighted by Gasteiger charge is 2.07. The Morgan fingerprint density at radius 1 is 1.12 bits per heavy atom. The van der Waals surface area contributed by atoms with Crippen LogP contribution in [-0.2, 0) is 0 Å². The maximum atomic E-state index is 12.1. The topological polar surface area (TPSA) is 74.3 Å². The SMILES string of the molecule is CC(=O)c1cccc(Nc2cc(C(=O)NCCN(C)C)ccn2)c1. The van der Waals surface area contributed by atoms with Crippen LogP contribution in [0.5, 0.6) is 0 Å². The van der Waals surface area contributed by atoms with Crippen LogP contribution >= 0.6 is 0 Å². The van der Waals surface area contributed by atoms with Crippen molar-refractivity contribution in [3.8, 4) is 0 Å². The second-order valence-electron chi connectivity index (χ2n) is 5.75. The van der Waals surface area contributed by atoms with E-state index >= 15 is 0 Å². The molecule has 0 aliphatic rings. The zero-order chi connectivity index (χ0) is 17.5. The third-order valence-corrected chi connectivity index (χ3v) is 3.41. The molecule has 0 radical (unpaired) electrons. The van der Waals surface area contributed by atoms with Crippen LogP contribution in [0.15, 0.2) is 42.6 Å². The van der Waals surface area contributed by atoms with Crippen molar-refractivity contribution in [2.24, 2.45) is 0 Å². The monoisotopic (exact) mass is 326 g/mol. The summed E-state index contributed by atoms with van der Waals surface area (Å²) in [6.45, 7) is 2.88. The number of amides is 1. The minimum atomic E-state index is -0.139. The number of nitrogens with one attached hydrogen (secondary N) is 2. The van der Waals surface area contributed by atoms with Gasteiger partial charge in [-0.1, -0.05) is 12.1 Å². The predicted octanol–water partition coefficient (Wildman–Crippen LogP) is 2.32. The van der Waals surface area contributed by atoms with Crippen molar-refractivity contribution < 1.29 is 9.59 Å². The van der Waals surface area contributed by atoms with Gasteiger partial charge < -0.3 is 15.5 Å². The van der Waals surface area contributed by atoms with E-state index in [1.807, 2.05) is 25.1 Å². The van der Waals surface area contributed by atoms with Crippen LogP contribution in [-0.4, -0.2) is 48.8 Å². The van der Waals surface area contributed by atoms with Gasteiger partial charge in [-0.05, 0) is 45.3 Å². The van der Waals surface area contributed by atoms with E-state index < -0.39 is 0 Å². The number of benzene rings is 1. The summed E-state index contributed by atoms with van der Waals surface area (Å²) in [5, 5.41) is 5.98. The lowest BCUT2D eigenvalue weighted by Crippen LogP contribution is -2.31. The van der Waals surface area contributed by atoms with E-state index in [1.165, 1.54) is 6.92 Å². The molecule has 0 aliphatic heterocycles. The Kier molecular flexibility index (Phi) is 6.03. The average Bonchev–Trinajstić information content (AvgIpc) is 2.55. The summed E-state index contributed by atoms with van der Waals surface area (Å²) in [7, 11) is 3.91. The summed E-state index contributed by atoms with van der Waals surface area (Å²) >= 11 is 0. The van der Waals surface area contributed by atoms with Crippen LogP contribution < -0.4 is 10.6 Å². The number of rotatable bonds is 7. The number of likely N-dealkylation sites (N-methyl/N-ethyl adjacent to an activating group) is 1. The Morgan fingerprint density at radius 3 is 2.62 bits per heavy atom. The fourth-order valence-electron chi connectivity index (χ4n) is 2.10. The highest BCUT2D eigenvalue weighted by Crippen LogP contribution is 2.17. The van der Waals surface area contributed by atoms with Gasteiger partial charge in [0.15, 0.2) is 5.78 Å². The van der Waals surface area contributed by atoms with Crippen LogP contribution in [0.1, 0.15) is 27.6 Å². The number of nitrogens with zero attached hydrogens (tertiary/aromatic N) is 2. The standard InChI is InChI=1S/C18H22N4O2/c1-13(23)14-5-4-6-16(11-14)21-17-12-15(7-8-19-17)18(24)20-9-10-22(2)3/h4-8,11-12H,9-10H2,1-3H3,(H,19,21)(H,20,24). The van der Waals surface area contributed by atoms with Crippen LogP contribution in [0.25, 0.3) is 0 Å². The number of hydrogen-bond donors (Lipinski definition) is 2. The predicted molar refractivity (Wildman–Crippen MR) is 94.9 cm³/mol. The van der Waals surface area contributed by atoms with E-state index in [0.717, 1.165) is 12.2 Å². The van der Waals surface area contributed by atoms with Crippen molar-refractivity contribution in [3.05, 3.63) is 53.7 Å². The molecule has 1 aromatic carbocycles. The number of Topliss-reactive ketones (excluding diaryl/α,β-unsaturated/α-hetero) is 1. The first-order valence-electron chi connectivity index (χ1n) is 7.72. The fourth-order valence-corrected chi connectivity index (χ4v) is 2.10. The second kappa shape index (κ2) is 8.21. The summed E-state index contributed by atoms with van der Waals surface area (Å²) in [6, 6.07) is 10.5. The molecular formula is C18H22N4O2. The third-order valence-electron chi connectivity index (χ3n) is 3.41. The van der Waals surface area contributed by atoms with Gasteiger partial charge in [-0.3, -0.25) is 9.59 Å². The molecule has 0 fully saturated rings. The Balaban J connectivity index is 2.06. The summed E-state index contributed by atoms with van der Waals surface area (Å²) < 4.78 is 0. The van der Waals surface area contributed by atoms with Gasteiger partial charge in [-0.2, -0.15) is 0 Å². The zero-order valence-corrected chi connectivity index (χ0v) is 14.2. The first kappa shape index (κ1) is 17.6. The van der Waals surface area contributed by atoms with Crippen molar-refractivity contribution in [2.75, 3.05) is 32.5 Å². The van der Waals surface area contributed by atoms with Crippen molar-refractivity contribution in [2.45, 2.75) is 6.92 Å². The van der Waals surface area contributed by atoms with Gasteiger partial charge in [0.2, 0.25) is 0 Å². The summed E-state index contributed by atoms with van der Waals surface area (Å²) in [5.74, 6) is 0.413. The largest absolute Gasteiger partial charge is 0.351 e. The summed E-state index contributed by atoms with van der Waals surface area (Å²) in [5.41, 5.74) is 1.91. The lowest BCUT2D eigenvalue weighted by Gasteiger charge is -2.11. The number of hydrogen-bond acceptors (Lipinski definition) is 5. The molecule has 1 heterocycles. The van der Waals surface area contributed by atoms with Crippen molar-refractivity contribution in [1.29, 1.82) is 0 Å². The number of anilines is 2. The molecule has 2 N–H and O–H groups in total. The Morgan fingerprint density at radius 2 is 1.92 bits per heavy atom. The average molecular weight is 326 g/mol. The quantitative estimate of drug-likeness (QED) is 0.764. The molecule has 1 amide bonds. The highest BCUT2D eigenvalue weighted by molar-refractivity contribution is 5.96. The zero-order valence-electron chi connectivity index (χ0n) is 14.2. The lowest BCUT2D eigenvalue weighted by molar-refractivity contribution is 0.0950. The molecule has 24 heavy (non-hydrogen) atoms. The minimum absolute atomic E-state index is 0.000583. The van der Waals surface area contributed by atoms with Gasteiger partial charge in [0.1, 0.15) is 5.82 Å². The summed E-state index contributed by atoms with van der Waals surface area (Å²) in [6.07, 6.45) is 1.58. The van der Waals surface area contributed by atoms with Crippen LogP contribution in [0.4, 0.5) is 11.5 Å². The smallest absolute Gasteiger partial charge is 0.251 e. The van der Waals surface area contributed by atoms with E-state index in [1.54, 1.807) is 36.5 Å². The maximum Gasteiger partial charge on any atom is 0.251 e. The molecule has 1 aromatic heterocycles. The van der Waals surface area contributed by atoms with E-state index in [2.05, 4.69) is 15.6 Å². The van der Waals surface area contributed by atoms with Crippen molar-refractivity contribution in [3.63, 3.8) is 0 Å². The number of carbonyl (C=O) groups excluding carboxylic acids is 2. The number of aromatic nitrogens is 1. The second-order valence-corrected chi connectivity index (χ2v) is 5.75. The number of ketones is 1. The lowest BCUT2D eigenvalue weighted by atomic mass is 10.1. The molecule has 0 saturated heterocycles. The molecule has 0 atom stereocenters. The molecule has 6 nitrogen and oxygen atoms in total. The van der Waals surface area contributed by atoms with Crippen LogP contribution in [0, 0.1) is 0 Å². The molecule has 0 aliphatic carbocycles. The Labute approximate surface area is 141 Å². The van der Waals surface area contributed by atoms with Crippen molar-refractivity contribution >= 4 is 23.2 Å². The third kappa shape index (κ3) is 5.17. The van der Waals surface area contributed by atoms with Crippen LogP contribution in [0.3, 0.4) is 0 Å². The van der Waals surface area contributed by atoms with Crippen molar-refractivity contribution in [1.82, 2.24) is 15.2 Å². The summed E-state index contributed by atoms with van der Waals surface area (Å²) in [4.78, 5) is 29.8. The molecule has 0 spiro atoms. The molecule has 6 heteroatoms. The molecule has 2 aromatic rings. The van der Waals surface area contributed by atoms with Gasteiger partial charge in [-0.15, -0.1) is 0 Å². The molecule has 0 bridgehead atoms. The first-order valence-corrected chi connectivity index (χ1v) is 7.72. The van der Waals surface area contributed by atoms with E-state index in [4.69, 9.17) is 0 Å². The molecule has 0 unspecified atom stereocenters. The van der Waals surface area contributed by atoms with Gasteiger partial charge in [0.25, 0.3) is 5.91 Å². The number of pyridine rings is 1. The van der Waals surface area contributed by atoms with E-state index in [-0.39, 0.29) is 11.7 Å². The highest BCUT2D eigenvalue weighted by atomic mass is 16.1. The van der Waals surface area contributed by atoms with Gasteiger partial charge in [-0.25, -0.2) is 4.98 Å². The van der Waals surface area contributed by atoms with Gasteiger partial charge in [0.05, 0.1) is 0 Å². The normalized spacial score (nSPS) is 10.5. The van der Waals surface area contributed by atoms with Gasteiger partial charge >= 0.3 is 0 Å². The van der Waals surface area contributed by atoms with Gasteiger partial charge in [0, 0.05) is 36.1 Å². The maximum absolute atomic E-state index is 12.1. The molecule has 0 saturated carbocycles. The number of carbonyl (C=O) groups is 2. The molecule has 2 rings (SSSR count). The Bertz CT molecular complexity index is 728. The van der Waals surface area contributed by atoms with E-state index in [9.17, 15) is 9.59 Å². The Hall–Kier alpha value is -2.73. The molecular weight excluding hydrogens is 304 g/mol. The first-order chi connectivity index (χ1) is 11.5. The van der Waals surface area contributed by atoms with Crippen LogP contribution in [0.2, 0.25) is 0 Å². The van der Waals surface area contributed by atoms with E-state index in [0.29, 0.717) is 23.5 Å². The molecule has 126 valence electrons.